The van der Waals surface area contributed by atoms with Gasteiger partial charge in [0.05, 0.1) is 41.0 Å². The zero-order valence-electron chi connectivity index (χ0n) is 17.8. The van der Waals surface area contributed by atoms with Crippen LogP contribution in [0.4, 0.5) is 5.69 Å². The van der Waals surface area contributed by atoms with Crippen LogP contribution < -0.4 is 9.62 Å². The number of carbonyl (C=O) groups is 1. The largest absolute Gasteiger partial charge is 0.359 e. The van der Waals surface area contributed by atoms with Crippen molar-refractivity contribution in [1.82, 2.24) is 14.8 Å². The van der Waals surface area contributed by atoms with Crippen LogP contribution in [0, 0.1) is 6.92 Å². The van der Waals surface area contributed by atoms with E-state index in [4.69, 9.17) is 4.52 Å². The number of nitrogens with zero attached hydrogens (tertiary/aromatic N) is 4. The van der Waals surface area contributed by atoms with Gasteiger partial charge in [0, 0.05) is 11.6 Å². The minimum Gasteiger partial charge on any atom is -0.359 e. The predicted molar refractivity (Wildman–Crippen MR) is 114 cm³/mol. The normalized spacial score (nSPS) is 21.7. The van der Waals surface area contributed by atoms with Gasteiger partial charge >= 0.3 is 0 Å². The highest BCUT2D eigenvalue weighted by atomic mass is 32.2. The van der Waals surface area contributed by atoms with Crippen molar-refractivity contribution in [3.63, 3.8) is 0 Å². The number of anilines is 1. The van der Waals surface area contributed by atoms with Gasteiger partial charge in [0.25, 0.3) is 5.91 Å². The molecule has 1 fully saturated rings. The molecular weight excluding hydrogens is 418 g/mol. The Morgan fingerprint density at radius 2 is 2.06 bits per heavy atom. The first kappa shape index (κ1) is 20.2. The van der Waals surface area contributed by atoms with Crippen LogP contribution in [0.3, 0.4) is 0 Å². The van der Waals surface area contributed by atoms with Gasteiger partial charge in [0.15, 0.2) is 5.76 Å². The number of fused-ring (bicyclic) bond motifs is 3. The number of sulfonamides is 1. The van der Waals surface area contributed by atoms with Crippen molar-refractivity contribution >= 4 is 27.6 Å². The second-order valence-electron chi connectivity index (χ2n) is 8.74. The average molecular weight is 444 g/mol. The fourth-order valence-corrected chi connectivity index (χ4v) is 5.59. The van der Waals surface area contributed by atoms with Crippen LogP contribution in [0.25, 0.3) is 0 Å². The minimum absolute atomic E-state index is 0.0934. The van der Waals surface area contributed by atoms with Gasteiger partial charge in [-0.25, -0.2) is 13.1 Å². The molecule has 1 aliphatic carbocycles. The number of aromatic nitrogens is 1. The standard InChI is InChI=1S/C21H25N5O4S/c1-4-14-11-22-20-25(12-15-9-13(2)23-30-15)19(27)17-10-16(5-6-18(17)26(14)20)31(28,29)24-21(3)7-8-21/h5-6,9-10,14,24H,4,7-8,11-12H2,1-3H3/t14-/m0/s1. The Labute approximate surface area is 181 Å². The van der Waals surface area contributed by atoms with Gasteiger partial charge in [-0.1, -0.05) is 12.1 Å². The van der Waals surface area contributed by atoms with Crippen molar-refractivity contribution in [2.45, 2.75) is 63.1 Å². The van der Waals surface area contributed by atoms with Crippen LogP contribution >= 0.6 is 0 Å². The van der Waals surface area contributed by atoms with Crippen molar-refractivity contribution in [2.75, 3.05) is 11.4 Å². The number of aliphatic imine (C=N–C) groups is 1. The molecule has 0 bridgehead atoms. The smallest absolute Gasteiger partial charge is 0.263 e. The predicted octanol–water partition coefficient (Wildman–Crippen LogP) is 2.42. The Morgan fingerprint density at radius 3 is 2.71 bits per heavy atom. The lowest BCUT2D eigenvalue weighted by Gasteiger charge is -2.38. The van der Waals surface area contributed by atoms with Gasteiger partial charge in [-0.2, -0.15) is 0 Å². The number of aryl methyl sites for hydroxylation is 1. The molecule has 1 saturated carbocycles. The number of hydrogen-bond donors (Lipinski definition) is 1. The molecule has 9 nitrogen and oxygen atoms in total. The molecule has 1 aromatic heterocycles. The number of nitrogens with one attached hydrogen (secondary N) is 1. The summed E-state index contributed by atoms with van der Waals surface area (Å²) >= 11 is 0. The molecule has 1 amide bonds. The summed E-state index contributed by atoms with van der Waals surface area (Å²) in [6.45, 7) is 6.52. The van der Waals surface area contributed by atoms with Gasteiger partial charge in [0.1, 0.15) is 0 Å². The number of benzene rings is 1. The molecule has 1 N–H and O–H groups in total. The lowest BCUT2D eigenvalue weighted by Crippen LogP contribution is -2.52. The topological polar surface area (TPSA) is 108 Å². The maximum absolute atomic E-state index is 13.5. The summed E-state index contributed by atoms with van der Waals surface area (Å²) in [4.78, 5) is 21.8. The van der Waals surface area contributed by atoms with E-state index in [-0.39, 0.29) is 23.4 Å². The summed E-state index contributed by atoms with van der Waals surface area (Å²) in [6, 6.07) is 6.65. The summed E-state index contributed by atoms with van der Waals surface area (Å²) in [5.74, 6) is 0.812. The maximum atomic E-state index is 13.5. The summed E-state index contributed by atoms with van der Waals surface area (Å²) in [5.41, 5.74) is 1.37. The third-order valence-electron chi connectivity index (χ3n) is 6.12. The summed E-state index contributed by atoms with van der Waals surface area (Å²) < 4.78 is 33.9. The van der Waals surface area contributed by atoms with Gasteiger partial charge in [-0.15, -0.1) is 0 Å². The van der Waals surface area contributed by atoms with Crippen molar-refractivity contribution in [3.05, 3.63) is 41.3 Å². The summed E-state index contributed by atoms with van der Waals surface area (Å²) in [5, 5.41) is 3.90. The van der Waals surface area contributed by atoms with E-state index in [1.807, 2.05) is 18.7 Å². The minimum atomic E-state index is -3.72. The average Bonchev–Trinajstić information content (AvgIpc) is 3.12. The van der Waals surface area contributed by atoms with Crippen molar-refractivity contribution < 1.29 is 17.7 Å². The van der Waals surface area contributed by atoms with Gasteiger partial charge in [0.2, 0.25) is 16.0 Å². The number of carbonyl (C=O) groups excluding carboxylic acids is 1. The van der Waals surface area contributed by atoms with Crippen LogP contribution in [0.15, 0.2) is 38.7 Å². The first-order valence-corrected chi connectivity index (χ1v) is 11.9. The monoisotopic (exact) mass is 443 g/mol. The molecule has 0 spiro atoms. The Balaban J connectivity index is 1.56. The zero-order valence-corrected chi connectivity index (χ0v) is 18.6. The fourth-order valence-electron chi connectivity index (χ4n) is 4.10. The van der Waals surface area contributed by atoms with Gasteiger partial charge in [-0.3, -0.25) is 14.7 Å². The maximum Gasteiger partial charge on any atom is 0.263 e. The molecule has 3 heterocycles. The van der Waals surface area contributed by atoms with E-state index in [2.05, 4.69) is 21.8 Å². The Morgan fingerprint density at radius 1 is 1.29 bits per heavy atom. The van der Waals surface area contributed by atoms with Gasteiger partial charge in [-0.05, 0) is 51.3 Å². The van der Waals surface area contributed by atoms with E-state index in [9.17, 15) is 13.2 Å². The number of rotatable bonds is 6. The van der Waals surface area contributed by atoms with Crippen molar-refractivity contribution in [2.24, 2.45) is 4.99 Å². The molecule has 2 aromatic rings. The van der Waals surface area contributed by atoms with Crippen LogP contribution in [-0.2, 0) is 16.6 Å². The first-order chi connectivity index (χ1) is 14.7. The molecule has 2 aliphatic heterocycles. The SMILES string of the molecule is CC[C@H]1CN=C2N(Cc3cc(C)no3)C(=O)c3cc(S(=O)(=O)NC4(C)CC4)ccc3N21. The zero-order chi connectivity index (χ0) is 22.0. The second-order valence-corrected chi connectivity index (χ2v) is 10.4. The Kier molecular flexibility index (Phi) is 4.49. The van der Waals surface area contributed by atoms with Crippen LogP contribution in [0.2, 0.25) is 0 Å². The summed E-state index contributed by atoms with van der Waals surface area (Å²) in [7, 11) is -3.72. The fraction of sp³-hybridized carbons (Fsp3) is 0.476. The lowest BCUT2D eigenvalue weighted by molar-refractivity contribution is 0.0823. The highest BCUT2D eigenvalue weighted by Gasteiger charge is 2.44. The third kappa shape index (κ3) is 3.43. The Bertz CT molecular complexity index is 1200. The molecule has 0 saturated heterocycles. The van der Waals surface area contributed by atoms with Crippen molar-refractivity contribution in [3.8, 4) is 0 Å². The molecule has 31 heavy (non-hydrogen) atoms. The molecular formula is C21H25N5O4S. The van der Waals surface area contributed by atoms with E-state index in [0.717, 1.165) is 25.0 Å². The van der Waals surface area contributed by atoms with E-state index < -0.39 is 15.6 Å². The van der Waals surface area contributed by atoms with Crippen molar-refractivity contribution in [1.29, 1.82) is 0 Å². The van der Waals surface area contributed by atoms with Crippen LogP contribution in [-0.4, -0.2) is 48.5 Å². The molecule has 1 atom stereocenters. The van der Waals surface area contributed by atoms with E-state index in [0.29, 0.717) is 29.5 Å². The van der Waals surface area contributed by atoms with Crippen LogP contribution in [0.5, 0.6) is 0 Å². The number of guanidine groups is 1. The molecule has 1 aromatic carbocycles. The summed E-state index contributed by atoms with van der Waals surface area (Å²) in [6.07, 6.45) is 2.47. The quantitative estimate of drug-likeness (QED) is 0.735. The lowest BCUT2D eigenvalue weighted by atomic mass is 10.1. The molecule has 164 valence electrons. The molecule has 10 heteroatoms. The second kappa shape index (κ2) is 6.89. The van der Waals surface area contributed by atoms with E-state index >= 15 is 0 Å². The Hall–Kier alpha value is -2.72. The molecule has 3 aliphatic rings. The third-order valence-corrected chi connectivity index (χ3v) is 7.76. The highest BCUT2D eigenvalue weighted by molar-refractivity contribution is 7.89. The molecule has 5 rings (SSSR count). The number of amides is 1. The first-order valence-electron chi connectivity index (χ1n) is 10.5. The highest BCUT2D eigenvalue weighted by Crippen LogP contribution is 2.38. The van der Waals surface area contributed by atoms with E-state index in [1.165, 1.54) is 6.07 Å². The molecule has 0 unspecified atom stereocenters. The van der Waals surface area contributed by atoms with Gasteiger partial charge < -0.3 is 9.42 Å². The van der Waals surface area contributed by atoms with E-state index in [1.54, 1.807) is 23.1 Å². The van der Waals surface area contributed by atoms with Crippen LogP contribution in [0.1, 0.15) is 54.9 Å². The number of hydrogen-bond acceptors (Lipinski definition) is 7. The molecule has 0 radical (unpaired) electrons.